The molecule has 1 saturated heterocycles. The molecule has 0 radical (unpaired) electrons. The van der Waals surface area contributed by atoms with E-state index in [-0.39, 0.29) is 0 Å². The van der Waals surface area contributed by atoms with Crippen LogP contribution in [-0.2, 0) is 9.59 Å². The largest absolute Gasteiger partial charge is 0.323 e. The first-order valence-electron chi connectivity index (χ1n) is 2.84. The molecule has 11 heavy (non-hydrogen) atoms. The van der Waals surface area contributed by atoms with Crippen molar-refractivity contribution in [2.45, 2.75) is 11.8 Å². The van der Waals surface area contributed by atoms with Gasteiger partial charge in [0.2, 0.25) is 4.87 Å². The first-order valence-corrected chi connectivity index (χ1v) is 3.28. The van der Waals surface area contributed by atoms with Gasteiger partial charge >= 0.3 is 6.03 Å². The number of amides is 3. The molecule has 1 aliphatic rings. The minimum Gasteiger partial charge on any atom is -0.309 e. The number of Topliss-reactive ketones (excluding diaryl/α,β-unsaturated/α-hetero) is 1. The van der Waals surface area contributed by atoms with E-state index in [1.807, 2.05) is 5.32 Å². The molecule has 6 heteroatoms. The first kappa shape index (κ1) is 8.06. The van der Waals surface area contributed by atoms with Crippen LogP contribution in [0.5, 0.6) is 0 Å². The summed E-state index contributed by atoms with van der Waals surface area (Å²) in [6.07, 6.45) is 0. The number of carbonyl (C=O) groups excluding carboxylic acids is 3. The Bertz CT molecular complexity index is 252. The van der Waals surface area contributed by atoms with Crippen molar-refractivity contribution in [1.29, 1.82) is 0 Å². The van der Waals surface area contributed by atoms with Crippen LogP contribution in [0.25, 0.3) is 0 Å². The van der Waals surface area contributed by atoms with Crippen molar-refractivity contribution >= 4 is 30.4 Å². The van der Waals surface area contributed by atoms with Gasteiger partial charge in [-0.25, -0.2) is 4.79 Å². The molecule has 1 unspecified atom stereocenters. The van der Waals surface area contributed by atoms with Gasteiger partial charge in [0.25, 0.3) is 5.91 Å². The average Bonchev–Trinajstić information content (AvgIpc) is 2.08. The molecule has 60 valence electrons. The molecule has 5 nitrogen and oxygen atoms in total. The third kappa shape index (κ3) is 1.09. The molecule has 3 amide bonds. The minimum absolute atomic E-state index is 0.510. The summed E-state index contributed by atoms with van der Waals surface area (Å²) in [5.41, 5.74) is 0. The van der Waals surface area contributed by atoms with Gasteiger partial charge < -0.3 is 5.32 Å². The normalized spacial score (nSPS) is 29.6. The van der Waals surface area contributed by atoms with Crippen LogP contribution in [0.15, 0.2) is 0 Å². The topological polar surface area (TPSA) is 75.3 Å². The number of thiol groups is 1. The van der Waals surface area contributed by atoms with Crippen LogP contribution in [0.1, 0.15) is 6.92 Å². The maximum Gasteiger partial charge on any atom is 0.323 e. The monoisotopic (exact) mass is 174 g/mol. The van der Waals surface area contributed by atoms with E-state index in [9.17, 15) is 14.4 Å². The molecule has 0 aromatic heterocycles. The van der Waals surface area contributed by atoms with E-state index in [1.54, 1.807) is 0 Å². The first-order chi connectivity index (χ1) is 4.97. The van der Waals surface area contributed by atoms with Crippen LogP contribution in [-0.4, -0.2) is 22.6 Å². The molecule has 1 fully saturated rings. The molecule has 1 aliphatic heterocycles. The molecule has 2 N–H and O–H groups in total. The molecule has 0 saturated carbocycles. The molecule has 1 rings (SSSR count). The molecule has 0 spiro atoms. The molecule has 0 aliphatic carbocycles. The zero-order valence-electron chi connectivity index (χ0n) is 5.67. The standard InChI is InChI=1S/C5H6N2O3S/c1-2(8)5(11)3(9)6-4(10)7-5/h11H,1H3,(H2,6,7,9,10). The lowest BCUT2D eigenvalue weighted by Crippen LogP contribution is -2.47. The SMILES string of the molecule is CC(=O)C1(S)NC(=O)NC1=O. The molecule has 0 aromatic carbocycles. The summed E-state index contributed by atoms with van der Waals surface area (Å²) < 4.78 is 0. The Labute approximate surface area is 67.9 Å². The molecule has 0 aromatic rings. The van der Waals surface area contributed by atoms with Crippen LogP contribution in [0.3, 0.4) is 0 Å². The number of hydrogen-bond acceptors (Lipinski definition) is 4. The van der Waals surface area contributed by atoms with Crippen LogP contribution in [0.4, 0.5) is 4.79 Å². The predicted octanol–water partition coefficient (Wildman–Crippen LogP) is -0.959. The Morgan fingerprint density at radius 3 is 2.27 bits per heavy atom. The molecular weight excluding hydrogens is 168 g/mol. The lowest BCUT2D eigenvalue weighted by molar-refractivity contribution is -0.129. The summed E-state index contributed by atoms with van der Waals surface area (Å²) in [6.45, 7) is 1.18. The number of urea groups is 1. The summed E-state index contributed by atoms with van der Waals surface area (Å²) in [7, 11) is 0. The van der Waals surface area contributed by atoms with Gasteiger partial charge in [0.1, 0.15) is 0 Å². The molecular formula is C5H6N2O3S. The maximum atomic E-state index is 10.9. The van der Waals surface area contributed by atoms with Crippen molar-refractivity contribution in [3.63, 3.8) is 0 Å². The zero-order chi connectivity index (χ0) is 8.65. The maximum absolute atomic E-state index is 10.9. The highest BCUT2D eigenvalue weighted by Gasteiger charge is 2.47. The van der Waals surface area contributed by atoms with Gasteiger partial charge in [0.15, 0.2) is 5.78 Å². The highest BCUT2D eigenvalue weighted by molar-refractivity contribution is 7.83. The smallest absolute Gasteiger partial charge is 0.309 e. The summed E-state index contributed by atoms with van der Waals surface area (Å²) in [5, 5.41) is 4.00. The van der Waals surface area contributed by atoms with E-state index in [0.29, 0.717) is 0 Å². The molecule has 1 atom stereocenters. The molecule has 1 heterocycles. The quantitative estimate of drug-likeness (QED) is 0.272. The van der Waals surface area contributed by atoms with Crippen molar-refractivity contribution in [1.82, 2.24) is 10.6 Å². The fraction of sp³-hybridized carbons (Fsp3) is 0.400. The second kappa shape index (κ2) is 2.23. The second-order valence-corrected chi connectivity index (χ2v) is 2.85. The lowest BCUT2D eigenvalue weighted by Gasteiger charge is -2.13. The molecule has 0 bridgehead atoms. The highest BCUT2D eigenvalue weighted by Crippen LogP contribution is 2.15. The van der Waals surface area contributed by atoms with Gasteiger partial charge in [-0.15, -0.1) is 12.6 Å². The van der Waals surface area contributed by atoms with Gasteiger partial charge in [-0.2, -0.15) is 0 Å². The van der Waals surface area contributed by atoms with Crippen LogP contribution < -0.4 is 10.6 Å². The second-order valence-electron chi connectivity index (χ2n) is 2.17. The van der Waals surface area contributed by atoms with Crippen LogP contribution in [0, 0.1) is 0 Å². The van der Waals surface area contributed by atoms with Crippen molar-refractivity contribution < 1.29 is 14.4 Å². The fourth-order valence-corrected chi connectivity index (χ4v) is 0.851. The van der Waals surface area contributed by atoms with Crippen molar-refractivity contribution in [2.24, 2.45) is 0 Å². The van der Waals surface area contributed by atoms with Crippen LogP contribution in [0.2, 0.25) is 0 Å². The Morgan fingerprint density at radius 2 is 2.09 bits per heavy atom. The Hall–Kier alpha value is -1.04. The van der Waals surface area contributed by atoms with Gasteiger partial charge in [0.05, 0.1) is 0 Å². The van der Waals surface area contributed by atoms with E-state index in [4.69, 9.17) is 0 Å². The predicted molar refractivity (Wildman–Crippen MR) is 39.1 cm³/mol. The zero-order valence-corrected chi connectivity index (χ0v) is 6.57. The average molecular weight is 174 g/mol. The number of rotatable bonds is 1. The van der Waals surface area contributed by atoms with Crippen molar-refractivity contribution in [3.8, 4) is 0 Å². The third-order valence-electron chi connectivity index (χ3n) is 1.36. The van der Waals surface area contributed by atoms with E-state index in [2.05, 4.69) is 17.9 Å². The number of hydrogen-bond donors (Lipinski definition) is 3. The van der Waals surface area contributed by atoms with Crippen LogP contribution >= 0.6 is 12.6 Å². The minimum atomic E-state index is -1.67. The fourth-order valence-electron chi connectivity index (χ4n) is 0.694. The number of nitrogens with one attached hydrogen (secondary N) is 2. The Morgan fingerprint density at radius 1 is 1.55 bits per heavy atom. The van der Waals surface area contributed by atoms with E-state index < -0.39 is 22.6 Å². The third-order valence-corrected chi connectivity index (χ3v) is 1.99. The van der Waals surface area contributed by atoms with Gasteiger partial charge in [-0.05, 0) is 6.92 Å². The summed E-state index contributed by atoms with van der Waals surface area (Å²) >= 11 is 3.74. The highest BCUT2D eigenvalue weighted by atomic mass is 32.1. The number of imide groups is 1. The van der Waals surface area contributed by atoms with Crippen molar-refractivity contribution in [2.75, 3.05) is 0 Å². The van der Waals surface area contributed by atoms with Gasteiger partial charge in [0, 0.05) is 0 Å². The van der Waals surface area contributed by atoms with E-state index in [0.717, 1.165) is 0 Å². The summed E-state index contributed by atoms with van der Waals surface area (Å²) in [6, 6.07) is -0.694. The van der Waals surface area contributed by atoms with E-state index >= 15 is 0 Å². The summed E-state index contributed by atoms with van der Waals surface area (Å²) in [5.74, 6) is -1.23. The van der Waals surface area contributed by atoms with Crippen molar-refractivity contribution in [3.05, 3.63) is 0 Å². The van der Waals surface area contributed by atoms with E-state index in [1.165, 1.54) is 6.92 Å². The van der Waals surface area contributed by atoms with Gasteiger partial charge in [-0.1, -0.05) is 0 Å². The number of carbonyl (C=O) groups is 3. The summed E-state index contributed by atoms with van der Waals surface area (Å²) in [4.78, 5) is 30.5. The Kier molecular flexibility index (Phi) is 1.63. The van der Waals surface area contributed by atoms with Gasteiger partial charge in [-0.3, -0.25) is 14.9 Å². The Balaban J connectivity index is 2.96. The number of ketones is 1. The lowest BCUT2D eigenvalue weighted by atomic mass is 10.2.